The fraction of sp³-hybridized carbons (Fsp3) is 0.304. The van der Waals surface area contributed by atoms with Gasteiger partial charge in [0.25, 0.3) is 11.7 Å². The number of likely N-dealkylation sites (tertiary alicyclic amines) is 1. The minimum atomic E-state index is -0.621. The minimum Gasteiger partial charge on any atom is -0.507 e. The fourth-order valence-electron chi connectivity index (χ4n) is 3.56. The molecular weight excluding hydrogens is 418 g/mol. The number of hydrogen-bond donors (Lipinski definition) is 1. The highest BCUT2D eigenvalue weighted by molar-refractivity contribution is 9.10. The molecule has 1 N–H and O–H groups in total. The number of nitrogens with zero attached hydrogens (tertiary/aromatic N) is 1. The second-order valence-corrected chi connectivity index (χ2v) is 7.89. The molecule has 1 atom stereocenters. The first-order chi connectivity index (χ1) is 13.5. The summed E-state index contributed by atoms with van der Waals surface area (Å²) in [7, 11) is 0. The zero-order valence-electron chi connectivity index (χ0n) is 15.9. The Kier molecular flexibility index (Phi) is 6.68. The first-order valence-electron chi connectivity index (χ1n) is 9.64. The van der Waals surface area contributed by atoms with Crippen LogP contribution in [0.5, 0.6) is 0 Å². The Balaban J connectivity index is 2.04. The Hall–Kier alpha value is -2.40. The van der Waals surface area contributed by atoms with Crippen molar-refractivity contribution < 1.29 is 14.7 Å². The lowest BCUT2D eigenvalue weighted by molar-refractivity contribution is -0.139. The zero-order valence-corrected chi connectivity index (χ0v) is 17.5. The molecule has 1 saturated heterocycles. The largest absolute Gasteiger partial charge is 0.507 e. The maximum Gasteiger partial charge on any atom is 0.295 e. The normalized spacial score (nSPS) is 18.6. The van der Waals surface area contributed by atoms with Gasteiger partial charge in [0.1, 0.15) is 5.76 Å². The van der Waals surface area contributed by atoms with Crippen molar-refractivity contribution in [2.45, 2.75) is 38.6 Å². The first-order valence-corrected chi connectivity index (χ1v) is 10.4. The van der Waals surface area contributed by atoms with Crippen LogP contribution in [0.2, 0.25) is 0 Å². The quantitative estimate of drug-likeness (QED) is 0.269. The number of aliphatic hydroxyl groups excluding tert-OH is 1. The Morgan fingerprint density at radius 1 is 1.00 bits per heavy atom. The highest BCUT2D eigenvalue weighted by atomic mass is 79.9. The van der Waals surface area contributed by atoms with Gasteiger partial charge in [-0.15, -0.1) is 0 Å². The van der Waals surface area contributed by atoms with Crippen molar-refractivity contribution in [1.29, 1.82) is 0 Å². The highest BCUT2D eigenvalue weighted by Crippen LogP contribution is 2.39. The molecule has 2 aromatic carbocycles. The topological polar surface area (TPSA) is 57.6 Å². The highest BCUT2D eigenvalue weighted by Gasteiger charge is 2.45. The number of aliphatic hydroxyl groups is 1. The van der Waals surface area contributed by atoms with Crippen LogP contribution in [-0.2, 0) is 9.59 Å². The second-order valence-electron chi connectivity index (χ2n) is 6.97. The zero-order chi connectivity index (χ0) is 20.1. The van der Waals surface area contributed by atoms with Gasteiger partial charge in [-0.2, -0.15) is 0 Å². The average molecular weight is 442 g/mol. The fourth-order valence-corrected chi connectivity index (χ4v) is 3.83. The van der Waals surface area contributed by atoms with Crippen LogP contribution in [0.4, 0.5) is 0 Å². The molecule has 2 aromatic rings. The van der Waals surface area contributed by atoms with Gasteiger partial charge in [0.05, 0.1) is 11.6 Å². The van der Waals surface area contributed by atoms with E-state index in [-0.39, 0.29) is 11.3 Å². The van der Waals surface area contributed by atoms with E-state index >= 15 is 0 Å². The predicted molar refractivity (Wildman–Crippen MR) is 114 cm³/mol. The van der Waals surface area contributed by atoms with Crippen LogP contribution in [0, 0.1) is 0 Å². The molecule has 0 spiro atoms. The van der Waals surface area contributed by atoms with Crippen molar-refractivity contribution in [1.82, 2.24) is 4.90 Å². The Labute approximate surface area is 174 Å². The Bertz CT molecular complexity index is 874. The molecule has 5 heteroatoms. The van der Waals surface area contributed by atoms with Gasteiger partial charge in [-0.25, -0.2) is 0 Å². The molecule has 28 heavy (non-hydrogen) atoms. The number of halogens is 1. The Morgan fingerprint density at radius 2 is 1.68 bits per heavy atom. The first kappa shape index (κ1) is 20.3. The van der Waals surface area contributed by atoms with Crippen LogP contribution in [0.1, 0.15) is 49.8 Å². The summed E-state index contributed by atoms with van der Waals surface area (Å²) in [5, 5.41) is 10.9. The summed E-state index contributed by atoms with van der Waals surface area (Å²) in [6, 6.07) is 15.9. The second kappa shape index (κ2) is 9.20. The summed E-state index contributed by atoms with van der Waals surface area (Å²) in [5.74, 6) is -1.28. The van der Waals surface area contributed by atoms with Gasteiger partial charge < -0.3 is 10.0 Å². The molecule has 3 rings (SSSR count). The van der Waals surface area contributed by atoms with Crippen LogP contribution < -0.4 is 0 Å². The van der Waals surface area contributed by atoms with Gasteiger partial charge in [-0.1, -0.05) is 84.6 Å². The maximum atomic E-state index is 12.9. The lowest BCUT2D eigenvalue weighted by Crippen LogP contribution is -2.30. The number of Topliss-reactive ketones (excluding diaryl/α,β-unsaturated/α-hetero) is 1. The van der Waals surface area contributed by atoms with Gasteiger partial charge >= 0.3 is 0 Å². The number of carbonyl (C=O) groups is 2. The molecule has 0 aliphatic carbocycles. The molecule has 1 heterocycles. The number of ketones is 1. The van der Waals surface area contributed by atoms with Crippen molar-refractivity contribution in [3.8, 4) is 0 Å². The van der Waals surface area contributed by atoms with Crippen LogP contribution >= 0.6 is 15.9 Å². The summed E-state index contributed by atoms with van der Waals surface area (Å²) in [6.07, 6.45) is 4.03. The monoisotopic (exact) mass is 441 g/mol. The van der Waals surface area contributed by atoms with E-state index in [9.17, 15) is 14.7 Å². The minimum absolute atomic E-state index is 0.122. The SMILES string of the molecule is CCCCCCN1C(=O)C(=O)C(=C(O)c2ccccc2)C1c1ccc(Br)cc1. The van der Waals surface area contributed by atoms with Crippen molar-refractivity contribution >= 4 is 33.4 Å². The molecule has 4 nitrogen and oxygen atoms in total. The average Bonchev–Trinajstić information content (AvgIpc) is 2.97. The molecule has 0 bridgehead atoms. The van der Waals surface area contributed by atoms with E-state index in [1.54, 1.807) is 29.2 Å². The number of amides is 1. The molecule has 146 valence electrons. The third-order valence-corrected chi connectivity index (χ3v) is 5.55. The summed E-state index contributed by atoms with van der Waals surface area (Å²) in [6.45, 7) is 2.63. The lowest BCUT2D eigenvalue weighted by atomic mass is 9.95. The molecule has 0 saturated carbocycles. The van der Waals surface area contributed by atoms with Crippen LogP contribution in [0.25, 0.3) is 5.76 Å². The van der Waals surface area contributed by atoms with E-state index < -0.39 is 17.7 Å². The summed E-state index contributed by atoms with van der Waals surface area (Å²) in [5.41, 5.74) is 1.51. The van der Waals surface area contributed by atoms with E-state index in [4.69, 9.17) is 0 Å². The van der Waals surface area contributed by atoms with Crippen molar-refractivity contribution in [2.24, 2.45) is 0 Å². The van der Waals surface area contributed by atoms with Gasteiger partial charge in [0.2, 0.25) is 0 Å². The number of carbonyl (C=O) groups excluding carboxylic acids is 2. The van der Waals surface area contributed by atoms with Crippen molar-refractivity contribution in [3.05, 3.63) is 75.8 Å². The van der Waals surface area contributed by atoms with Crippen molar-refractivity contribution in [2.75, 3.05) is 6.54 Å². The smallest absolute Gasteiger partial charge is 0.295 e. The number of unbranched alkanes of at least 4 members (excludes halogenated alkanes) is 3. The molecule has 1 aliphatic rings. The number of hydrogen-bond acceptors (Lipinski definition) is 3. The molecular formula is C23H24BrNO3. The van der Waals surface area contributed by atoms with Gasteiger partial charge in [-0.3, -0.25) is 9.59 Å². The van der Waals surface area contributed by atoms with E-state index in [2.05, 4.69) is 22.9 Å². The summed E-state index contributed by atoms with van der Waals surface area (Å²) < 4.78 is 0.916. The molecule has 0 aromatic heterocycles. The van der Waals surface area contributed by atoms with Gasteiger partial charge in [0.15, 0.2) is 0 Å². The molecule has 1 unspecified atom stereocenters. The van der Waals surface area contributed by atoms with Gasteiger partial charge in [0, 0.05) is 16.6 Å². The van der Waals surface area contributed by atoms with E-state index in [1.165, 1.54) is 0 Å². The van der Waals surface area contributed by atoms with Crippen molar-refractivity contribution in [3.63, 3.8) is 0 Å². The number of benzene rings is 2. The molecule has 1 aliphatic heterocycles. The van der Waals surface area contributed by atoms with E-state index in [0.717, 1.165) is 35.7 Å². The van der Waals surface area contributed by atoms with Crippen LogP contribution in [0.15, 0.2) is 64.6 Å². The Morgan fingerprint density at radius 3 is 2.32 bits per heavy atom. The summed E-state index contributed by atoms with van der Waals surface area (Å²) in [4.78, 5) is 27.2. The van der Waals surface area contributed by atoms with Gasteiger partial charge in [-0.05, 0) is 24.1 Å². The summed E-state index contributed by atoms with van der Waals surface area (Å²) >= 11 is 3.42. The standard InChI is InChI=1S/C23H24BrNO3/c1-2-3-4-8-15-25-20(16-11-13-18(24)14-12-16)19(22(27)23(25)28)21(26)17-9-6-5-7-10-17/h5-7,9-14,20,26H,2-4,8,15H2,1H3. The maximum absolute atomic E-state index is 12.9. The van der Waals surface area contributed by atoms with E-state index in [0.29, 0.717) is 12.1 Å². The predicted octanol–water partition coefficient (Wildman–Crippen LogP) is 5.45. The number of rotatable bonds is 7. The van der Waals surface area contributed by atoms with E-state index in [1.807, 2.05) is 30.3 Å². The molecule has 0 radical (unpaired) electrons. The third kappa shape index (κ3) is 4.20. The molecule has 1 fully saturated rings. The molecule has 1 amide bonds. The lowest BCUT2D eigenvalue weighted by Gasteiger charge is -2.25. The third-order valence-electron chi connectivity index (χ3n) is 5.03. The van der Waals surface area contributed by atoms with Crippen LogP contribution in [-0.4, -0.2) is 28.2 Å². The van der Waals surface area contributed by atoms with Crippen LogP contribution in [0.3, 0.4) is 0 Å².